The van der Waals surface area contributed by atoms with Crippen molar-refractivity contribution >= 4 is 10.0 Å². The van der Waals surface area contributed by atoms with Gasteiger partial charge in [0.15, 0.2) is 0 Å². The highest BCUT2D eigenvalue weighted by molar-refractivity contribution is 7.89. The summed E-state index contributed by atoms with van der Waals surface area (Å²) in [6.07, 6.45) is 1.84. The molecule has 120 valence electrons. The summed E-state index contributed by atoms with van der Waals surface area (Å²) in [4.78, 5) is 0.429. The smallest absolute Gasteiger partial charge is 0.243 e. The Hall–Kier alpha value is -0.910. The molecule has 1 aromatic rings. The Morgan fingerprint density at radius 1 is 1.29 bits per heavy atom. The molecule has 0 bridgehead atoms. The number of aryl methyl sites for hydroxylation is 1. The zero-order valence-electron chi connectivity index (χ0n) is 14.0. The van der Waals surface area contributed by atoms with E-state index in [1.807, 2.05) is 33.9 Å². The number of nitrogens with one attached hydrogen (secondary N) is 1. The average molecular weight is 312 g/mol. The molecule has 5 heteroatoms. The molecule has 0 aliphatic carbocycles. The number of benzene rings is 1. The van der Waals surface area contributed by atoms with Crippen LogP contribution in [-0.4, -0.2) is 32.9 Å². The van der Waals surface area contributed by atoms with Crippen LogP contribution in [0.3, 0.4) is 0 Å². The molecule has 0 radical (unpaired) electrons. The van der Waals surface area contributed by atoms with Gasteiger partial charge < -0.3 is 5.32 Å². The Labute approximate surface area is 129 Å². The number of nitrogens with zero attached hydrogens (tertiary/aromatic N) is 1. The summed E-state index contributed by atoms with van der Waals surface area (Å²) in [5, 5.41) is 3.07. The third-order valence-corrected chi connectivity index (χ3v) is 6.14. The fourth-order valence-corrected chi connectivity index (χ4v) is 4.20. The third-order valence-electron chi connectivity index (χ3n) is 4.04. The Bertz CT molecular complexity index is 582. The van der Waals surface area contributed by atoms with Gasteiger partial charge in [-0.15, -0.1) is 0 Å². The molecular weight excluding hydrogens is 284 g/mol. The Morgan fingerprint density at radius 2 is 1.90 bits per heavy atom. The fraction of sp³-hybridized carbons (Fsp3) is 0.625. The highest BCUT2D eigenvalue weighted by Crippen LogP contribution is 2.25. The minimum atomic E-state index is -3.45. The lowest BCUT2D eigenvalue weighted by Gasteiger charge is -2.25. The maximum Gasteiger partial charge on any atom is 0.243 e. The summed E-state index contributed by atoms with van der Waals surface area (Å²) >= 11 is 0. The van der Waals surface area contributed by atoms with Crippen molar-refractivity contribution < 1.29 is 8.42 Å². The third kappa shape index (κ3) is 4.05. The second kappa shape index (κ2) is 7.38. The second-order valence-corrected chi connectivity index (χ2v) is 7.69. The predicted octanol–water partition coefficient (Wildman–Crippen LogP) is 2.83. The van der Waals surface area contributed by atoms with Gasteiger partial charge in [-0.1, -0.05) is 19.4 Å². The van der Waals surface area contributed by atoms with Crippen LogP contribution in [0.4, 0.5) is 0 Å². The summed E-state index contributed by atoms with van der Waals surface area (Å²) in [7, 11) is 0.0869. The van der Waals surface area contributed by atoms with Crippen molar-refractivity contribution in [2.24, 2.45) is 0 Å². The molecule has 0 saturated carbocycles. The van der Waals surface area contributed by atoms with Crippen LogP contribution in [0.5, 0.6) is 0 Å². The highest BCUT2D eigenvalue weighted by atomic mass is 32.2. The quantitative estimate of drug-likeness (QED) is 0.842. The molecular formula is C16H28N2O2S. The molecule has 0 heterocycles. The lowest BCUT2D eigenvalue weighted by molar-refractivity contribution is 0.368. The molecule has 1 rings (SSSR count). The van der Waals surface area contributed by atoms with E-state index in [0.717, 1.165) is 29.5 Å². The number of hydrogen-bond donors (Lipinski definition) is 1. The van der Waals surface area contributed by atoms with Crippen LogP contribution in [0.1, 0.15) is 43.4 Å². The van der Waals surface area contributed by atoms with Gasteiger partial charge in [-0.25, -0.2) is 8.42 Å². The molecule has 21 heavy (non-hydrogen) atoms. The SMILES string of the molecule is CCCC(C)N(C)S(=O)(=O)c1cc(CNC)cc(C)c1C. The minimum absolute atomic E-state index is 0.00709. The van der Waals surface area contributed by atoms with E-state index in [9.17, 15) is 8.42 Å². The molecule has 4 nitrogen and oxygen atoms in total. The van der Waals surface area contributed by atoms with Crippen LogP contribution in [-0.2, 0) is 16.6 Å². The van der Waals surface area contributed by atoms with Crippen LogP contribution in [0.25, 0.3) is 0 Å². The molecule has 1 atom stereocenters. The van der Waals surface area contributed by atoms with Crippen molar-refractivity contribution in [2.45, 2.75) is 58.0 Å². The summed E-state index contributed by atoms with van der Waals surface area (Å²) in [6, 6.07) is 3.84. The van der Waals surface area contributed by atoms with Gasteiger partial charge in [0, 0.05) is 19.6 Å². The van der Waals surface area contributed by atoms with E-state index in [1.165, 1.54) is 4.31 Å². The van der Waals surface area contributed by atoms with E-state index < -0.39 is 10.0 Å². The van der Waals surface area contributed by atoms with E-state index in [4.69, 9.17) is 0 Å². The molecule has 0 fully saturated rings. The van der Waals surface area contributed by atoms with Gasteiger partial charge >= 0.3 is 0 Å². The molecule has 0 amide bonds. The first kappa shape index (κ1) is 18.1. The highest BCUT2D eigenvalue weighted by Gasteiger charge is 2.27. The maximum absolute atomic E-state index is 12.9. The van der Waals surface area contributed by atoms with Gasteiger partial charge in [-0.3, -0.25) is 0 Å². The van der Waals surface area contributed by atoms with Gasteiger partial charge in [0.2, 0.25) is 10.0 Å². The summed E-state index contributed by atoms with van der Waals surface area (Å²) in [6.45, 7) is 8.53. The predicted molar refractivity (Wildman–Crippen MR) is 88.0 cm³/mol. The van der Waals surface area contributed by atoms with Crippen molar-refractivity contribution in [3.05, 3.63) is 28.8 Å². The molecule has 0 saturated heterocycles. The first-order chi connectivity index (χ1) is 9.75. The lowest BCUT2D eigenvalue weighted by Crippen LogP contribution is -2.35. The minimum Gasteiger partial charge on any atom is -0.316 e. The van der Waals surface area contributed by atoms with Crippen molar-refractivity contribution in [3.8, 4) is 0 Å². The largest absolute Gasteiger partial charge is 0.316 e. The van der Waals surface area contributed by atoms with E-state index in [2.05, 4.69) is 12.2 Å². The van der Waals surface area contributed by atoms with E-state index >= 15 is 0 Å². The lowest BCUT2D eigenvalue weighted by atomic mass is 10.1. The molecule has 0 aromatic heterocycles. The zero-order valence-corrected chi connectivity index (χ0v) is 14.8. The van der Waals surface area contributed by atoms with E-state index in [0.29, 0.717) is 11.4 Å². The zero-order chi connectivity index (χ0) is 16.2. The van der Waals surface area contributed by atoms with Crippen LogP contribution >= 0.6 is 0 Å². The Morgan fingerprint density at radius 3 is 2.43 bits per heavy atom. The standard InChI is InChI=1S/C16H28N2O2S/c1-7-8-13(3)18(6)21(19,20)16-10-15(11-17-5)9-12(2)14(16)4/h9-10,13,17H,7-8,11H2,1-6H3. The van der Waals surface area contributed by atoms with E-state index in [-0.39, 0.29) is 6.04 Å². The first-order valence-corrected chi connectivity index (χ1v) is 8.92. The molecule has 1 aromatic carbocycles. The molecule has 1 unspecified atom stereocenters. The number of sulfonamides is 1. The summed E-state index contributed by atoms with van der Waals surface area (Å²) in [5.74, 6) is 0. The van der Waals surface area contributed by atoms with Crippen molar-refractivity contribution in [3.63, 3.8) is 0 Å². The number of hydrogen-bond acceptors (Lipinski definition) is 3. The average Bonchev–Trinajstić information content (AvgIpc) is 2.42. The molecule has 0 aliphatic heterocycles. The fourth-order valence-electron chi connectivity index (χ4n) is 2.46. The van der Waals surface area contributed by atoms with Gasteiger partial charge in [-0.2, -0.15) is 4.31 Å². The van der Waals surface area contributed by atoms with Gasteiger partial charge in [0.25, 0.3) is 0 Å². The number of rotatable bonds is 7. The van der Waals surface area contributed by atoms with Crippen LogP contribution in [0.2, 0.25) is 0 Å². The molecule has 0 spiro atoms. The van der Waals surface area contributed by atoms with Crippen LogP contribution in [0, 0.1) is 13.8 Å². The second-order valence-electron chi connectivity index (χ2n) is 5.73. The maximum atomic E-state index is 12.9. The van der Waals surface area contributed by atoms with E-state index in [1.54, 1.807) is 13.1 Å². The van der Waals surface area contributed by atoms with Crippen molar-refractivity contribution in [1.82, 2.24) is 9.62 Å². The van der Waals surface area contributed by atoms with Gasteiger partial charge in [-0.05, 0) is 57.0 Å². The first-order valence-electron chi connectivity index (χ1n) is 7.48. The van der Waals surface area contributed by atoms with Crippen LogP contribution < -0.4 is 5.32 Å². The Balaban J connectivity index is 3.30. The van der Waals surface area contributed by atoms with Crippen LogP contribution in [0.15, 0.2) is 17.0 Å². The normalized spacial score (nSPS) is 13.7. The van der Waals surface area contributed by atoms with Crippen molar-refractivity contribution in [2.75, 3.05) is 14.1 Å². The van der Waals surface area contributed by atoms with Crippen molar-refractivity contribution in [1.29, 1.82) is 0 Å². The monoisotopic (exact) mass is 312 g/mol. The molecule has 0 aliphatic rings. The Kier molecular flexibility index (Phi) is 6.38. The summed E-state index contributed by atoms with van der Waals surface area (Å²) in [5.41, 5.74) is 2.85. The summed E-state index contributed by atoms with van der Waals surface area (Å²) < 4.78 is 27.3. The van der Waals surface area contributed by atoms with Gasteiger partial charge in [0.05, 0.1) is 4.90 Å². The van der Waals surface area contributed by atoms with Gasteiger partial charge in [0.1, 0.15) is 0 Å². The molecule has 1 N–H and O–H groups in total. The topological polar surface area (TPSA) is 49.4 Å².